The molecule has 0 saturated heterocycles. The molecule has 1 aromatic carbocycles. The van der Waals surface area contributed by atoms with Crippen molar-refractivity contribution in [2.24, 2.45) is 11.7 Å². The summed E-state index contributed by atoms with van der Waals surface area (Å²) >= 11 is 0. The first-order chi connectivity index (χ1) is 8.51. The highest BCUT2D eigenvalue weighted by molar-refractivity contribution is 7.89. The summed E-state index contributed by atoms with van der Waals surface area (Å²) < 4.78 is 25.5. The third-order valence-electron chi connectivity index (χ3n) is 3.25. The van der Waals surface area contributed by atoms with Gasteiger partial charge in [0.15, 0.2) is 0 Å². The van der Waals surface area contributed by atoms with Gasteiger partial charge in [0.1, 0.15) is 0 Å². The number of sulfonamides is 1. The Balaban J connectivity index is 2.02. The van der Waals surface area contributed by atoms with Crippen LogP contribution in [-0.4, -0.2) is 25.5 Å². The molecule has 0 unspecified atom stereocenters. The summed E-state index contributed by atoms with van der Waals surface area (Å²) in [6, 6.07) is 7.76. The van der Waals surface area contributed by atoms with Gasteiger partial charge in [-0.25, -0.2) is 12.7 Å². The third-order valence-corrected chi connectivity index (χ3v) is 5.22. The molecule has 1 fully saturated rings. The Kier molecular flexibility index (Phi) is 4.04. The number of hydrogen-bond acceptors (Lipinski definition) is 3. The van der Waals surface area contributed by atoms with E-state index in [4.69, 9.17) is 5.73 Å². The second kappa shape index (κ2) is 5.38. The summed E-state index contributed by atoms with van der Waals surface area (Å²) in [7, 11) is -1.47. The van der Waals surface area contributed by atoms with Gasteiger partial charge in [0.05, 0.1) is 5.75 Å². The lowest BCUT2D eigenvalue weighted by molar-refractivity contribution is 0.464. The summed E-state index contributed by atoms with van der Waals surface area (Å²) in [5.74, 6) is 0.674. The average Bonchev–Trinajstić information content (AvgIpc) is 3.12. The molecule has 18 heavy (non-hydrogen) atoms. The molecule has 0 amide bonds. The van der Waals surface area contributed by atoms with E-state index in [-0.39, 0.29) is 0 Å². The van der Waals surface area contributed by atoms with E-state index < -0.39 is 10.0 Å². The molecule has 0 radical (unpaired) electrons. The van der Waals surface area contributed by atoms with Gasteiger partial charge in [0, 0.05) is 20.1 Å². The van der Waals surface area contributed by atoms with Gasteiger partial charge in [-0.15, -0.1) is 0 Å². The van der Waals surface area contributed by atoms with Crippen LogP contribution in [0.5, 0.6) is 0 Å². The Bertz CT molecular complexity index is 509. The molecule has 2 N–H and O–H groups in total. The van der Waals surface area contributed by atoms with E-state index in [0.29, 0.717) is 24.8 Å². The number of rotatable bonds is 6. The maximum atomic E-state index is 12.0. The van der Waals surface area contributed by atoms with E-state index in [1.54, 1.807) is 7.05 Å². The lowest BCUT2D eigenvalue weighted by atomic mass is 10.1. The number of nitrogens with zero attached hydrogens (tertiary/aromatic N) is 1. The number of nitrogens with two attached hydrogens (primary N) is 1. The normalized spacial score (nSPS) is 16.2. The van der Waals surface area contributed by atoms with Gasteiger partial charge in [-0.1, -0.05) is 24.3 Å². The standard InChI is InChI=1S/C13H20N2O2S/c1-15(18(16,17)10-11-5-6-11)9-13-4-2-3-12(7-13)8-14/h2-4,7,11H,5-6,8-10,14H2,1H3. The summed E-state index contributed by atoms with van der Waals surface area (Å²) in [5, 5.41) is 0. The molecule has 0 atom stereocenters. The van der Waals surface area contributed by atoms with E-state index in [0.717, 1.165) is 24.0 Å². The van der Waals surface area contributed by atoms with Crippen LogP contribution in [0.2, 0.25) is 0 Å². The quantitative estimate of drug-likeness (QED) is 0.846. The fourth-order valence-electron chi connectivity index (χ4n) is 1.92. The highest BCUT2D eigenvalue weighted by Gasteiger charge is 2.30. The van der Waals surface area contributed by atoms with Crippen LogP contribution in [0, 0.1) is 5.92 Å². The first-order valence-corrected chi connectivity index (χ1v) is 7.84. The van der Waals surface area contributed by atoms with Crippen LogP contribution in [0.1, 0.15) is 24.0 Å². The molecule has 2 rings (SSSR count). The van der Waals surface area contributed by atoms with Crippen LogP contribution < -0.4 is 5.73 Å². The van der Waals surface area contributed by atoms with Crippen molar-refractivity contribution < 1.29 is 8.42 Å². The molecule has 0 heterocycles. The van der Waals surface area contributed by atoms with Crippen LogP contribution in [0.3, 0.4) is 0 Å². The van der Waals surface area contributed by atoms with Gasteiger partial charge < -0.3 is 5.73 Å². The summed E-state index contributed by atoms with van der Waals surface area (Å²) in [6.45, 7) is 0.898. The summed E-state index contributed by atoms with van der Waals surface area (Å²) in [5.41, 5.74) is 7.59. The van der Waals surface area contributed by atoms with Crippen molar-refractivity contribution in [2.45, 2.75) is 25.9 Å². The summed E-state index contributed by atoms with van der Waals surface area (Å²) in [4.78, 5) is 0. The van der Waals surface area contributed by atoms with Crippen molar-refractivity contribution in [3.8, 4) is 0 Å². The highest BCUT2D eigenvalue weighted by Crippen LogP contribution is 2.31. The van der Waals surface area contributed by atoms with Crippen molar-refractivity contribution in [3.05, 3.63) is 35.4 Å². The minimum atomic E-state index is -3.11. The van der Waals surface area contributed by atoms with Crippen LogP contribution in [0.15, 0.2) is 24.3 Å². The van der Waals surface area contributed by atoms with Crippen LogP contribution in [0.25, 0.3) is 0 Å². The van der Waals surface area contributed by atoms with E-state index >= 15 is 0 Å². The van der Waals surface area contributed by atoms with Crippen LogP contribution >= 0.6 is 0 Å². The fourth-order valence-corrected chi connectivity index (χ4v) is 3.45. The molecule has 1 saturated carbocycles. The highest BCUT2D eigenvalue weighted by atomic mass is 32.2. The molecular formula is C13H20N2O2S. The third kappa shape index (κ3) is 3.54. The zero-order valence-electron chi connectivity index (χ0n) is 10.7. The zero-order valence-corrected chi connectivity index (χ0v) is 11.5. The largest absolute Gasteiger partial charge is 0.326 e. The summed E-state index contributed by atoms with van der Waals surface area (Å²) in [6.07, 6.45) is 2.10. The lowest BCUT2D eigenvalue weighted by Crippen LogP contribution is -2.29. The van der Waals surface area contributed by atoms with E-state index in [2.05, 4.69) is 0 Å². The average molecular weight is 268 g/mol. The van der Waals surface area contributed by atoms with Gasteiger partial charge >= 0.3 is 0 Å². The maximum Gasteiger partial charge on any atom is 0.214 e. The van der Waals surface area contributed by atoms with E-state index in [9.17, 15) is 8.42 Å². The fraction of sp³-hybridized carbons (Fsp3) is 0.538. The molecule has 1 aliphatic carbocycles. The van der Waals surface area contributed by atoms with Gasteiger partial charge in [0.2, 0.25) is 10.0 Å². The predicted molar refractivity (Wildman–Crippen MR) is 72.3 cm³/mol. The molecule has 0 aliphatic heterocycles. The number of hydrogen-bond donors (Lipinski definition) is 1. The molecule has 0 aromatic heterocycles. The monoisotopic (exact) mass is 268 g/mol. The van der Waals surface area contributed by atoms with Crippen molar-refractivity contribution in [2.75, 3.05) is 12.8 Å². The molecule has 5 heteroatoms. The van der Waals surface area contributed by atoms with Crippen molar-refractivity contribution >= 4 is 10.0 Å². The smallest absolute Gasteiger partial charge is 0.214 e. The molecular weight excluding hydrogens is 248 g/mol. The molecule has 0 spiro atoms. The minimum absolute atomic E-state index is 0.292. The first-order valence-electron chi connectivity index (χ1n) is 6.23. The Hall–Kier alpha value is -0.910. The van der Waals surface area contributed by atoms with Crippen LogP contribution in [-0.2, 0) is 23.1 Å². The van der Waals surface area contributed by atoms with Crippen molar-refractivity contribution in [1.29, 1.82) is 0 Å². The van der Waals surface area contributed by atoms with Gasteiger partial charge in [-0.2, -0.15) is 0 Å². The zero-order chi connectivity index (χ0) is 13.2. The Labute approximate surface area is 109 Å². The second-order valence-electron chi connectivity index (χ2n) is 5.00. The van der Waals surface area contributed by atoms with Crippen molar-refractivity contribution in [3.63, 3.8) is 0 Å². The maximum absolute atomic E-state index is 12.0. The Morgan fingerprint density at radius 1 is 1.33 bits per heavy atom. The molecule has 1 aliphatic rings. The molecule has 4 nitrogen and oxygen atoms in total. The van der Waals surface area contributed by atoms with E-state index in [1.807, 2.05) is 24.3 Å². The van der Waals surface area contributed by atoms with Gasteiger partial charge in [-0.3, -0.25) is 0 Å². The van der Waals surface area contributed by atoms with Crippen LogP contribution in [0.4, 0.5) is 0 Å². The van der Waals surface area contributed by atoms with E-state index in [1.165, 1.54) is 4.31 Å². The minimum Gasteiger partial charge on any atom is -0.326 e. The Morgan fingerprint density at radius 2 is 2.00 bits per heavy atom. The van der Waals surface area contributed by atoms with Gasteiger partial charge in [0.25, 0.3) is 0 Å². The number of benzene rings is 1. The SMILES string of the molecule is CN(Cc1cccc(CN)c1)S(=O)(=O)CC1CC1. The second-order valence-corrected chi connectivity index (χ2v) is 7.12. The predicted octanol–water partition coefficient (Wildman–Crippen LogP) is 1.32. The lowest BCUT2D eigenvalue weighted by Gasteiger charge is -2.17. The molecule has 0 bridgehead atoms. The van der Waals surface area contributed by atoms with Crippen molar-refractivity contribution in [1.82, 2.24) is 4.31 Å². The molecule has 1 aromatic rings. The molecule has 100 valence electrons. The van der Waals surface area contributed by atoms with Gasteiger partial charge in [-0.05, 0) is 29.9 Å². The topological polar surface area (TPSA) is 63.4 Å². The first kappa shape index (κ1) is 13.5. The Morgan fingerprint density at radius 3 is 2.61 bits per heavy atom.